The number of aryl methyl sites for hydroxylation is 2. The summed E-state index contributed by atoms with van der Waals surface area (Å²) in [7, 11) is 0. The lowest BCUT2D eigenvalue weighted by Crippen LogP contribution is -2.26. The van der Waals surface area contributed by atoms with Crippen LogP contribution in [0.5, 0.6) is 0 Å². The van der Waals surface area contributed by atoms with Gasteiger partial charge in [0.1, 0.15) is 0 Å². The van der Waals surface area contributed by atoms with Crippen molar-refractivity contribution in [1.29, 1.82) is 0 Å². The third-order valence-corrected chi connectivity index (χ3v) is 4.27. The Bertz CT molecular complexity index is 551. The molecule has 5 nitrogen and oxygen atoms in total. The van der Waals surface area contributed by atoms with Crippen LogP contribution in [0, 0.1) is 6.92 Å². The quantitative estimate of drug-likeness (QED) is 0.853. The molecule has 1 atom stereocenters. The lowest BCUT2D eigenvalue weighted by Gasteiger charge is -2.19. The van der Waals surface area contributed by atoms with E-state index >= 15 is 0 Å². The first kappa shape index (κ1) is 15.4. The summed E-state index contributed by atoms with van der Waals surface area (Å²) in [5.41, 5.74) is 1.96. The molecule has 2 rings (SSSR count). The van der Waals surface area contributed by atoms with Crippen LogP contribution in [0.2, 0.25) is 5.02 Å². The molecule has 0 aliphatic rings. The van der Waals surface area contributed by atoms with Crippen molar-refractivity contribution in [1.82, 2.24) is 24.7 Å². The summed E-state index contributed by atoms with van der Waals surface area (Å²) in [6, 6.07) is 0.0106. The molecule has 2 aromatic rings. The SMILES string of the molecule is CCCNC(c1snnc1C)c1c(Cl)cnn1CCC. The molecular formula is C13H20ClN5S. The van der Waals surface area contributed by atoms with Crippen molar-refractivity contribution in [2.45, 2.75) is 46.2 Å². The minimum absolute atomic E-state index is 0.0106. The van der Waals surface area contributed by atoms with Gasteiger partial charge >= 0.3 is 0 Å². The van der Waals surface area contributed by atoms with Gasteiger partial charge in [0.25, 0.3) is 0 Å². The highest BCUT2D eigenvalue weighted by molar-refractivity contribution is 7.05. The fourth-order valence-electron chi connectivity index (χ4n) is 2.15. The van der Waals surface area contributed by atoms with E-state index in [1.54, 1.807) is 6.20 Å². The van der Waals surface area contributed by atoms with E-state index in [9.17, 15) is 0 Å². The van der Waals surface area contributed by atoms with Gasteiger partial charge in [-0.25, -0.2) is 0 Å². The minimum Gasteiger partial charge on any atom is -0.304 e. The van der Waals surface area contributed by atoms with Crippen LogP contribution >= 0.6 is 23.1 Å². The molecule has 110 valence electrons. The van der Waals surface area contributed by atoms with Crippen LogP contribution in [0.4, 0.5) is 0 Å². The molecule has 20 heavy (non-hydrogen) atoms. The predicted molar refractivity (Wildman–Crippen MR) is 82.3 cm³/mol. The molecule has 0 amide bonds. The van der Waals surface area contributed by atoms with Gasteiger partial charge in [0.15, 0.2) is 0 Å². The zero-order valence-electron chi connectivity index (χ0n) is 12.1. The third-order valence-electron chi connectivity index (χ3n) is 3.09. The first-order valence-electron chi connectivity index (χ1n) is 6.92. The summed E-state index contributed by atoms with van der Waals surface area (Å²) in [4.78, 5) is 1.11. The van der Waals surface area contributed by atoms with E-state index in [1.807, 2.05) is 11.6 Å². The van der Waals surface area contributed by atoms with Crippen LogP contribution < -0.4 is 5.32 Å². The number of hydrogen-bond donors (Lipinski definition) is 1. The van der Waals surface area contributed by atoms with Crippen LogP contribution in [0.1, 0.15) is 49.0 Å². The summed E-state index contributed by atoms with van der Waals surface area (Å²) in [6.45, 7) is 8.03. The number of nitrogens with one attached hydrogen (secondary N) is 1. The Kier molecular flexibility index (Phi) is 5.51. The molecule has 1 unspecified atom stereocenters. The van der Waals surface area contributed by atoms with E-state index in [2.05, 4.69) is 33.8 Å². The highest BCUT2D eigenvalue weighted by Gasteiger charge is 2.25. The summed E-state index contributed by atoms with van der Waals surface area (Å²) >= 11 is 7.78. The van der Waals surface area contributed by atoms with Crippen molar-refractivity contribution in [3.63, 3.8) is 0 Å². The third kappa shape index (κ3) is 3.19. The second-order valence-electron chi connectivity index (χ2n) is 4.71. The number of aromatic nitrogens is 4. The maximum atomic E-state index is 6.36. The smallest absolute Gasteiger partial charge is 0.0892 e. The van der Waals surface area contributed by atoms with Crippen LogP contribution in [-0.2, 0) is 6.54 Å². The van der Waals surface area contributed by atoms with Crippen LogP contribution in [0.25, 0.3) is 0 Å². The maximum absolute atomic E-state index is 6.36. The number of rotatable bonds is 7. The van der Waals surface area contributed by atoms with Crippen molar-refractivity contribution in [2.24, 2.45) is 0 Å². The Labute approximate surface area is 128 Å². The van der Waals surface area contributed by atoms with E-state index in [0.717, 1.165) is 42.2 Å². The summed E-state index contributed by atoms with van der Waals surface area (Å²) in [6.07, 6.45) is 3.80. The average Bonchev–Trinajstić information content (AvgIpc) is 3.00. The molecule has 0 fully saturated rings. The highest BCUT2D eigenvalue weighted by Crippen LogP contribution is 2.31. The van der Waals surface area contributed by atoms with Crippen molar-refractivity contribution in [3.8, 4) is 0 Å². The predicted octanol–water partition coefficient (Wildman–Crippen LogP) is 3.20. The lowest BCUT2D eigenvalue weighted by molar-refractivity contribution is 0.514. The zero-order valence-corrected chi connectivity index (χ0v) is 13.6. The largest absolute Gasteiger partial charge is 0.304 e. The standard InChI is InChI=1S/C13H20ClN5S/c1-4-6-15-11(13-9(3)17-18-20-13)12-10(14)8-16-19(12)7-5-2/h8,11,15H,4-7H2,1-3H3. The van der Waals surface area contributed by atoms with E-state index in [4.69, 9.17) is 11.6 Å². The maximum Gasteiger partial charge on any atom is 0.0892 e. The van der Waals surface area contributed by atoms with Gasteiger partial charge in [0, 0.05) is 6.54 Å². The van der Waals surface area contributed by atoms with Crippen LogP contribution in [0.3, 0.4) is 0 Å². The molecule has 0 aliphatic carbocycles. The van der Waals surface area contributed by atoms with Gasteiger partial charge in [-0.1, -0.05) is 29.9 Å². The van der Waals surface area contributed by atoms with Gasteiger partial charge in [0.2, 0.25) is 0 Å². The molecule has 0 radical (unpaired) electrons. The normalized spacial score (nSPS) is 12.8. The molecule has 2 heterocycles. The molecule has 0 bridgehead atoms. The summed E-state index contributed by atoms with van der Waals surface area (Å²) in [5.74, 6) is 0. The Balaban J connectivity index is 2.41. The van der Waals surface area contributed by atoms with Gasteiger partial charge in [-0.3, -0.25) is 4.68 Å². The van der Waals surface area contributed by atoms with E-state index in [1.165, 1.54) is 11.5 Å². The number of hydrogen-bond acceptors (Lipinski definition) is 5. The highest BCUT2D eigenvalue weighted by atomic mass is 35.5. The van der Waals surface area contributed by atoms with Crippen molar-refractivity contribution >= 4 is 23.1 Å². The van der Waals surface area contributed by atoms with Gasteiger partial charge in [-0.2, -0.15) is 5.10 Å². The van der Waals surface area contributed by atoms with Gasteiger partial charge < -0.3 is 5.32 Å². The second-order valence-corrected chi connectivity index (χ2v) is 5.90. The minimum atomic E-state index is 0.0106. The molecule has 0 spiro atoms. The van der Waals surface area contributed by atoms with Crippen molar-refractivity contribution in [3.05, 3.63) is 27.5 Å². The van der Waals surface area contributed by atoms with E-state index in [0.29, 0.717) is 5.02 Å². The number of halogens is 1. The second kappa shape index (κ2) is 7.15. The molecule has 0 aliphatic heterocycles. The Morgan fingerprint density at radius 3 is 2.80 bits per heavy atom. The molecule has 1 N–H and O–H groups in total. The summed E-state index contributed by atoms with van der Waals surface area (Å²) in [5, 5.41) is 12.7. The first-order valence-corrected chi connectivity index (χ1v) is 8.07. The van der Waals surface area contributed by atoms with Gasteiger partial charge in [-0.05, 0) is 37.8 Å². The van der Waals surface area contributed by atoms with Crippen LogP contribution in [0.15, 0.2) is 6.20 Å². The lowest BCUT2D eigenvalue weighted by atomic mass is 10.1. The van der Waals surface area contributed by atoms with Crippen LogP contribution in [-0.4, -0.2) is 25.9 Å². The topological polar surface area (TPSA) is 55.6 Å². The fraction of sp³-hybridized carbons (Fsp3) is 0.615. The van der Waals surface area contributed by atoms with E-state index < -0.39 is 0 Å². The fourth-order valence-corrected chi connectivity index (χ4v) is 3.13. The Morgan fingerprint density at radius 2 is 2.20 bits per heavy atom. The molecule has 0 saturated carbocycles. The van der Waals surface area contributed by atoms with Crippen molar-refractivity contribution < 1.29 is 0 Å². The zero-order chi connectivity index (χ0) is 14.5. The first-order chi connectivity index (χ1) is 9.69. The molecule has 0 saturated heterocycles. The monoisotopic (exact) mass is 313 g/mol. The number of nitrogens with zero attached hydrogens (tertiary/aromatic N) is 4. The Morgan fingerprint density at radius 1 is 1.40 bits per heavy atom. The Hall–Kier alpha value is -0.980. The van der Waals surface area contributed by atoms with Gasteiger partial charge in [0.05, 0.1) is 33.5 Å². The van der Waals surface area contributed by atoms with Gasteiger partial charge in [-0.15, -0.1) is 5.10 Å². The van der Waals surface area contributed by atoms with E-state index in [-0.39, 0.29) is 6.04 Å². The molecule has 7 heteroatoms. The van der Waals surface area contributed by atoms with Crippen molar-refractivity contribution in [2.75, 3.05) is 6.54 Å². The summed E-state index contributed by atoms with van der Waals surface area (Å²) < 4.78 is 6.03. The molecule has 0 aromatic carbocycles. The average molecular weight is 314 g/mol. The molecule has 2 aromatic heterocycles. The molecular weight excluding hydrogens is 294 g/mol.